The lowest BCUT2D eigenvalue weighted by Crippen LogP contribution is -2.36. The van der Waals surface area contributed by atoms with Crippen LogP contribution in [0.2, 0.25) is 0 Å². The van der Waals surface area contributed by atoms with Gasteiger partial charge in [-0.05, 0) is 35.4 Å². The molecule has 0 aliphatic carbocycles. The summed E-state index contributed by atoms with van der Waals surface area (Å²) in [6.45, 7) is 1.60. The summed E-state index contributed by atoms with van der Waals surface area (Å²) >= 11 is 0. The zero-order valence-electron chi connectivity index (χ0n) is 14.2. The summed E-state index contributed by atoms with van der Waals surface area (Å²) < 4.78 is 15.9. The smallest absolute Gasteiger partial charge is 0.231 e. The Bertz CT molecular complexity index is 737. The van der Waals surface area contributed by atoms with Crippen LogP contribution in [0.5, 0.6) is 17.2 Å². The van der Waals surface area contributed by atoms with E-state index in [0.29, 0.717) is 13.1 Å². The third-order valence-electron chi connectivity index (χ3n) is 3.71. The number of nitrogens with one attached hydrogen (secondary N) is 2. The van der Waals surface area contributed by atoms with Gasteiger partial charge in [0, 0.05) is 20.1 Å². The first-order valence-electron chi connectivity index (χ1n) is 7.74. The summed E-state index contributed by atoms with van der Waals surface area (Å²) in [5.41, 5.74) is 2.23. The van der Waals surface area contributed by atoms with Gasteiger partial charge in [0.2, 0.25) is 6.79 Å². The van der Waals surface area contributed by atoms with Crippen LogP contribution < -0.4 is 24.8 Å². The van der Waals surface area contributed by atoms with Crippen molar-refractivity contribution in [3.05, 3.63) is 53.6 Å². The topological polar surface area (TPSA) is 64.1 Å². The Balaban J connectivity index is 0.00000225. The van der Waals surface area contributed by atoms with Gasteiger partial charge in [0.05, 0.1) is 7.11 Å². The highest BCUT2D eigenvalue weighted by atomic mass is 127. The quantitative estimate of drug-likeness (QED) is 0.413. The molecule has 2 N–H and O–H groups in total. The number of methoxy groups -OCH3 is 1. The number of aliphatic imine (C=N–C) groups is 1. The van der Waals surface area contributed by atoms with Crippen molar-refractivity contribution in [1.82, 2.24) is 10.6 Å². The van der Waals surface area contributed by atoms with Crippen LogP contribution in [0.25, 0.3) is 0 Å². The molecule has 1 aliphatic rings. The van der Waals surface area contributed by atoms with Gasteiger partial charge in [-0.1, -0.05) is 18.2 Å². The summed E-state index contributed by atoms with van der Waals surface area (Å²) in [7, 11) is 3.42. The monoisotopic (exact) mass is 455 g/mol. The Morgan fingerprint density at radius 1 is 1.04 bits per heavy atom. The maximum Gasteiger partial charge on any atom is 0.231 e. The predicted octanol–water partition coefficient (Wildman–Crippen LogP) is 2.91. The van der Waals surface area contributed by atoms with Crippen molar-refractivity contribution < 1.29 is 14.2 Å². The maximum absolute atomic E-state index is 5.39. The number of rotatable bonds is 5. The molecule has 2 aromatic rings. The van der Waals surface area contributed by atoms with Crippen molar-refractivity contribution >= 4 is 29.9 Å². The van der Waals surface area contributed by atoms with Crippen molar-refractivity contribution in [3.8, 4) is 17.2 Å². The van der Waals surface area contributed by atoms with Gasteiger partial charge in [0.25, 0.3) is 0 Å². The van der Waals surface area contributed by atoms with E-state index in [0.717, 1.165) is 34.3 Å². The predicted molar refractivity (Wildman–Crippen MR) is 108 cm³/mol. The van der Waals surface area contributed by atoms with Crippen LogP contribution in [-0.4, -0.2) is 26.9 Å². The molecule has 7 heteroatoms. The number of benzene rings is 2. The molecule has 1 heterocycles. The van der Waals surface area contributed by atoms with Gasteiger partial charge in [-0.3, -0.25) is 4.99 Å². The number of hydrogen-bond acceptors (Lipinski definition) is 4. The fraction of sp³-hybridized carbons (Fsp3) is 0.278. The highest BCUT2D eigenvalue weighted by molar-refractivity contribution is 14.0. The summed E-state index contributed by atoms with van der Waals surface area (Å²) in [6, 6.07) is 13.8. The normalized spacial score (nSPS) is 12.3. The Kier molecular flexibility index (Phi) is 7.17. The lowest BCUT2D eigenvalue weighted by Gasteiger charge is -2.12. The molecule has 0 bridgehead atoms. The molecule has 0 fully saturated rings. The summed E-state index contributed by atoms with van der Waals surface area (Å²) in [4.78, 5) is 4.24. The fourth-order valence-electron chi connectivity index (χ4n) is 2.43. The molecule has 25 heavy (non-hydrogen) atoms. The summed E-state index contributed by atoms with van der Waals surface area (Å²) in [5, 5.41) is 6.57. The van der Waals surface area contributed by atoms with E-state index in [1.54, 1.807) is 14.2 Å². The van der Waals surface area contributed by atoms with Gasteiger partial charge < -0.3 is 24.8 Å². The average molecular weight is 455 g/mol. The fourth-order valence-corrected chi connectivity index (χ4v) is 2.43. The lowest BCUT2D eigenvalue weighted by molar-refractivity contribution is 0.174. The molecular weight excluding hydrogens is 433 g/mol. The highest BCUT2D eigenvalue weighted by Gasteiger charge is 2.13. The first kappa shape index (κ1) is 19.2. The van der Waals surface area contributed by atoms with E-state index >= 15 is 0 Å². The van der Waals surface area contributed by atoms with Crippen LogP contribution in [0.3, 0.4) is 0 Å². The molecule has 0 saturated heterocycles. The molecule has 0 atom stereocenters. The molecule has 0 amide bonds. The summed E-state index contributed by atoms with van der Waals surface area (Å²) in [5.74, 6) is 3.15. The van der Waals surface area contributed by atoms with Crippen LogP contribution in [-0.2, 0) is 13.1 Å². The van der Waals surface area contributed by atoms with Crippen LogP contribution in [0.1, 0.15) is 11.1 Å². The number of halogens is 1. The highest BCUT2D eigenvalue weighted by Crippen LogP contribution is 2.32. The molecule has 0 aromatic heterocycles. The molecule has 0 saturated carbocycles. The number of ether oxygens (including phenoxy) is 3. The van der Waals surface area contributed by atoms with E-state index < -0.39 is 0 Å². The zero-order valence-corrected chi connectivity index (χ0v) is 16.6. The first-order chi connectivity index (χ1) is 11.8. The Hall–Kier alpha value is -2.16. The van der Waals surface area contributed by atoms with Crippen molar-refractivity contribution in [3.63, 3.8) is 0 Å². The largest absolute Gasteiger partial charge is 0.497 e. The van der Waals surface area contributed by atoms with Gasteiger partial charge in [-0.2, -0.15) is 0 Å². The van der Waals surface area contributed by atoms with Crippen LogP contribution in [0.4, 0.5) is 0 Å². The molecule has 0 radical (unpaired) electrons. The first-order valence-corrected chi connectivity index (χ1v) is 7.74. The van der Waals surface area contributed by atoms with E-state index in [2.05, 4.69) is 15.6 Å². The van der Waals surface area contributed by atoms with Crippen LogP contribution in [0, 0.1) is 0 Å². The molecule has 1 aliphatic heterocycles. The second-order valence-electron chi connectivity index (χ2n) is 5.32. The molecule has 6 nitrogen and oxygen atoms in total. The van der Waals surface area contributed by atoms with Crippen LogP contribution >= 0.6 is 24.0 Å². The molecule has 3 rings (SSSR count). The van der Waals surface area contributed by atoms with Crippen molar-refractivity contribution in [2.45, 2.75) is 13.1 Å². The van der Waals surface area contributed by atoms with Crippen molar-refractivity contribution in [1.29, 1.82) is 0 Å². The van der Waals surface area contributed by atoms with Crippen molar-refractivity contribution in [2.24, 2.45) is 4.99 Å². The third-order valence-corrected chi connectivity index (χ3v) is 3.71. The van der Waals surface area contributed by atoms with E-state index in [1.165, 1.54) is 0 Å². The molecule has 0 unspecified atom stereocenters. The second-order valence-corrected chi connectivity index (χ2v) is 5.32. The number of nitrogens with zero attached hydrogens (tertiary/aromatic N) is 1. The minimum Gasteiger partial charge on any atom is -0.497 e. The second kappa shape index (κ2) is 9.36. The van der Waals surface area contributed by atoms with Crippen LogP contribution in [0.15, 0.2) is 47.5 Å². The van der Waals surface area contributed by atoms with Gasteiger partial charge in [-0.25, -0.2) is 0 Å². The standard InChI is InChI=1S/C18H21N3O3.HI/c1-19-18(20-10-13-4-3-5-15(8-13)22-2)21-11-14-6-7-16-17(9-14)24-12-23-16;/h3-9H,10-12H2,1-2H3,(H2,19,20,21);1H. The van der Waals surface area contributed by atoms with E-state index in [-0.39, 0.29) is 30.8 Å². The zero-order chi connectivity index (χ0) is 16.8. The minimum atomic E-state index is 0. The van der Waals surface area contributed by atoms with Gasteiger partial charge in [0.1, 0.15) is 5.75 Å². The average Bonchev–Trinajstić information content (AvgIpc) is 3.10. The molecule has 0 spiro atoms. The van der Waals surface area contributed by atoms with Gasteiger partial charge >= 0.3 is 0 Å². The number of fused-ring (bicyclic) bond motifs is 1. The minimum absolute atomic E-state index is 0. The van der Waals surface area contributed by atoms with E-state index in [1.807, 2.05) is 42.5 Å². The Morgan fingerprint density at radius 3 is 2.48 bits per heavy atom. The van der Waals surface area contributed by atoms with Gasteiger partial charge in [0.15, 0.2) is 17.5 Å². The van der Waals surface area contributed by atoms with Crippen molar-refractivity contribution in [2.75, 3.05) is 21.0 Å². The lowest BCUT2D eigenvalue weighted by atomic mass is 10.2. The SMILES string of the molecule is CN=C(NCc1cccc(OC)c1)NCc1ccc2c(c1)OCO2.I. The van der Waals surface area contributed by atoms with Gasteiger partial charge in [-0.15, -0.1) is 24.0 Å². The molecule has 2 aromatic carbocycles. The Morgan fingerprint density at radius 2 is 1.76 bits per heavy atom. The Labute approximate surface area is 164 Å². The third kappa shape index (κ3) is 5.15. The summed E-state index contributed by atoms with van der Waals surface area (Å²) in [6.07, 6.45) is 0. The molecule has 134 valence electrons. The molecular formula is C18H22IN3O3. The maximum atomic E-state index is 5.39. The van der Waals surface area contributed by atoms with E-state index in [9.17, 15) is 0 Å². The number of guanidine groups is 1. The number of hydrogen-bond donors (Lipinski definition) is 2. The van der Waals surface area contributed by atoms with E-state index in [4.69, 9.17) is 14.2 Å².